The number of carbonyl (C=O) groups is 1. The van der Waals surface area contributed by atoms with Gasteiger partial charge in [-0.15, -0.1) is 11.3 Å². The van der Waals surface area contributed by atoms with Gasteiger partial charge in [-0.05, 0) is 74.6 Å². The number of methoxy groups -OCH3 is 1. The molecule has 5 aromatic rings. The van der Waals surface area contributed by atoms with Crippen molar-refractivity contribution in [3.8, 4) is 39.5 Å². The number of benzene rings is 2. The van der Waals surface area contributed by atoms with Gasteiger partial charge in [0.2, 0.25) is 5.91 Å². The number of aromatic nitrogens is 3. The van der Waals surface area contributed by atoms with Crippen LogP contribution in [0.15, 0.2) is 60.5 Å². The van der Waals surface area contributed by atoms with E-state index in [0.29, 0.717) is 36.1 Å². The highest BCUT2D eigenvalue weighted by Gasteiger charge is 2.32. The summed E-state index contributed by atoms with van der Waals surface area (Å²) in [5, 5.41) is 7.79. The summed E-state index contributed by atoms with van der Waals surface area (Å²) >= 11 is 1.46. The normalized spacial score (nSPS) is 17.2. The van der Waals surface area contributed by atoms with E-state index in [9.17, 15) is 9.18 Å². The largest absolute Gasteiger partial charge is 0.490 e. The highest BCUT2D eigenvalue weighted by Crippen LogP contribution is 2.48. The van der Waals surface area contributed by atoms with E-state index in [-0.39, 0.29) is 36.5 Å². The number of nitrogens with zero attached hydrogens (tertiary/aromatic N) is 5. The van der Waals surface area contributed by atoms with E-state index in [1.807, 2.05) is 29.1 Å². The van der Waals surface area contributed by atoms with E-state index in [2.05, 4.69) is 43.8 Å². The van der Waals surface area contributed by atoms with E-state index >= 15 is 4.39 Å². The number of pyridine rings is 1. The number of hydrogen-bond donors (Lipinski definition) is 0. The fraction of sp³-hybridized carbons (Fsp3) is 0.324. The van der Waals surface area contributed by atoms with Crippen LogP contribution in [-0.4, -0.2) is 71.4 Å². The molecule has 0 saturated carbocycles. The van der Waals surface area contributed by atoms with Gasteiger partial charge in [0.05, 0.1) is 36.1 Å². The standard InChI is InChI=1S/C37H37F2N5O3S/c1-6-32(45)43-12-13-44-30(21(43)2)20-28(41-44)36-34(33-27(39)18-24(38)19-31(33)47-15-14-46-5)37-26(11-16-48-37)35(40-36)23-7-9-25-22(17-23)8-10-29(25)42(3)4/h6-7,9,11,16-21,29H,1,8,10,12-15H2,2-5H3. The van der Waals surface area contributed by atoms with Crippen LogP contribution < -0.4 is 4.74 Å². The Bertz CT molecular complexity index is 2050. The number of hydrogen-bond acceptors (Lipinski definition) is 7. The van der Waals surface area contributed by atoms with Gasteiger partial charge in [-0.3, -0.25) is 9.48 Å². The molecule has 0 N–H and O–H groups in total. The van der Waals surface area contributed by atoms with Crippen molar-refractivity contribution >= 4 is 27.3 Å². The smallest absolute Gasteiger partial charge is 0.246 e. The maximum atomic E-state index is 16.1. The number of rotatable bonds is 9. The SMILES string of the molecule is C=CC(=O)N1CCn2nc(-c3nc(-c4ccc5c(c4)CCC5N(C)C)c4ccsc4c3-c3c(F)cc(F)cc3OCCOC)cc2C1C. The van der Waals surface area contributed by atoms with Gasteiger partial charge in [0, 0.05) is 53.0 Å². The molecular weight excluding hydrogens is 633 g/mol. The lowest BCUT2D eigenvalue weighted by Crippen LogP contribution is -2.40. The van der Waals surface area contributed by atoms with Gasteiger partial charge in [0.15, 0.2) is 0 Å². The van der Waals surface area contributed by atoms with Crippen LogP contribution in [0.2, 0.25) is 0 Å². The molecule has 2 atom stereocenters. The zero-order chi connectivity index (χ0) is 33.7. The average molecular weight is 670 g/mol. The van der Waals surface area contributed by atoms with E-state index in [1.54, 1.807) is 4.90 Å². The van der Waals surface area contributed by atoms with E-state index in [4.69, 9.17) is 19.6 Å². The predicted octanol–water partition coefficient (Wildman–Crippen LogP) is 7.44. The van der Waals surface area contributed by atoms with Crippen LogP contribution in [0.25, 0.3) is 43.9 Å². The van der Waals surface area contributed by atoms with Crippen molar-refractivity contribution in [1.82, 2.24) is 24.6 Å². The molecule has 0 fully saturated rings. The van der Waals surface area contributed by atoms with Crippen LogP contribution in [0.3, 0.4) is 0 Å². The summed E-state index contributed by atoms with van der Waals surface area (Å²) in [6.45, 7) is 6.92. The second kappa shape index (κ2) is 12.9. The third-order valence-electron chi connectivity index (χ3n) is 9.47. The molecule has 3 aromatic heterocycles. The Labute approximate surface area is 282 Å². The minimum atomic E-state index is -0.764. The number of amides is 1. The Hall–Kier alpha value is -4.45. The van der Waals surface area contributed by atoms with Crippen LogP contribution in [-0.2, 0) is 22.5 Å². The predicted molar refractivity (Wildman–Crippen MR) is 184 cm³/mol. The molecule has 8 nitrogen and oxygen atoms in total. The molecule has 1 amide bonds. The lowest BCUT2D eigenvalue weighted by Gasteiger charge is -2.33. The van der Waals surface area contributed by atoms with Crippen molar-refractivity contribution in [2.75, 3.05) is 41.0 Å². The molecule has 1 aliphatic carbocycles. The van der Waals surface area contributed by atoms with E-state index < -0.39 is 11.6 Å². The van der Waals surface area contributed by atoms with Gasteiger partial charge < -0.3 is 19.3 Å². The highest BCUT2D eigenvalue weighted by atomic mass is 32.1. The molecule has 0 saturated heterocycles. The van der Waals surface area contributed by atoms with Crippen molar-refractivity contribution in [2.45, 2.75) is 38.4 Å². The molecule has 0 radical (unpaired) electrons. The molecule has 1 aliphatic heterocycles. The topological polar surface area (TPSA) is 72.7 Å². The Balaban J connectivity index is 1.47. The van der Waals surface area contributed by atoms with E-state index in [1.165, 1.54) is 41.7 Å². The summed E-state index contributed by atoms with van der Waals surface area (Å²) in [4.78, 5) is 21.9. The summed E-state index contributed by atoms with van der Waals surface area (Å²) in [5.41, 5.74) is 6.72. The first-order valence-electron chi connectivity index (χ1n) is 16.0. The van der Waals surface area contributed by atoms with Crippen LogP contribution >= 0.6 is 11.3 Å². The quantitative estimate of drug-likeness (QED) is 0.120. The van der Waals surface area contributed by atoms with Gasteiger partial charge >= 0.3 is 0 Å². The molecule has 4 heterocycles. The van der Waals surface area contributed by atoms with Gasteiger partial charge in [-0.1, -0.05) is 18.7 Å². The van der Waals surface area contributed by atoms with Gasteiger partial charge in [-0.25, -0.2) is 13.8 Å². The average Bonchev–Trinajstić information content (AvgIpc) is 3.83. The van der Waals surface area contributed by atoms with Crippen LogP contribution in [0.5, 0.6) is 5.75 Å². The Morgan fingerprint density at radius 2 is 1.94 bits per heavy atom. The maximum Gasteiger partial charge on any atom is 0.246 e. The zero-order valence-corrected chi connectivity index (χ0v) is 28.2. The minimum absolute atomic E-state index is 0.0578. The molecular formula is C37H37F2N5O3S. The lowest BCUT2D eigenvalue weighted by atomic mass is 9.95. The fourth-order valence-corrected chi connectivity index (χ4v) is 8.07. The number of carbonyl (C=O) groups excluding carboxylic acids is 1. The summed E-state index contributed by atoms with van der Waals surface area (Å²) in [6, 6.07) is 12.6. The van der Waals surface area contributed by atoms with Crippen LogP contribution in [0.4, 0.5) is 8.78 Å². The molecule has 0 bridgehead atoms. The Morgan fingerprint density at radius 3 is 2.71 bits per heavy atom. The first-order chi connectivity index (χ1) is 23.2. The molecule has 48 heavy (non-hydrogen) atoms. The van der Waals surface area contributed by atoms with Crippen LogP contribution in [0.1, 0.15) is 42.2 Å². The molecule has 11 heteroatoms. The number of thiophene rings is 1. The monoisotopic (exact) mass is 669 g/mol. The second-order valence-electron chi connectivity index (χ2n) is 12.5. The Morgan fingerprint density at radius 1 is 1.10 bits per heavy atom. The third kappa shape index (κ3) is 5.49. The highest BCUT2D eigenvalue weighted by molar-refractivity contribution is 7.18. The molecule has 7 rings (SSSR count). The van der Waals surface area contributed by atoms with Gasteiger partial charge in [-0.2, -0.15) is 5.10 Å². The molecule has 0 spiro atoms. The number of ether oxygens (including phenoxy) is 2. The first-order valence-corrected chi connectivity index (χ1v) is 16.9. The minimum Gasteiger partial charge on any atom is -0.490 e. The van der Waals surface area contributed by atoms with Crippen molar-refractivity contribution < 1.29 is 23.0 Å². The third-order valence-corrected chi connectivity index (χ3v) is 10.4. The number of aryl methyl sites for hydroxylation is 1. The lowest BCUT2D eigenvalue weighted by molar-refractivity contribution is -0.129. The maximum absolute atomic E-state index is 16.1. The molecule has 2 aromatic carbocycles. The molecule has 2 aliphatic rings. The Kier molecular flexibility index (Phi) is 8.61. The zero-order valence-electron chi connectivity index (χ0n) is 27.4. The summed E-state index contributed by atoms with van der Waals surface area (Å²) in [7, 11) is 5.75. The summed E-state index contributed by atoms with van der Waals surface area (Å²) in [5.74, 6) is -1.61. The van der Waals surface area contributed by atoms with Crippen molar-refractivity contribution in [1.29, 1.82) is 0 Å². The van der Waals surface area contributed by atoms with E-state index in [0.717, 1.165) is 45.9 Å². The molecule has 2 unspecified atom stereocenters. The van der Waals surface area contributed by atoms with Crippen molar-refractivity contribution in [3.63, 3.8) is 0 Å². The second-order valence-corrected chi connectivity index (χ2v) is 13.4. The van der Waals surface area contributed by atoms with Gasteiger partial charge in [0.25, 0.3) is 0 Å². The molecule has 248 valence electrons. The summed E-state index contributed by atoms with van der Waals surface area (Å²) in [6.07, 6.45) is 3.34. The van der Waals surface area contributed by atoms with Crippen LogP contribution in [0, 0.1) is 11.6 Å². The van der Waals surface area contributed by atoms with Crippen molar-refractivity contribution in [3.05, 3.63) is 89.0 Å². The fourth-order valence-electron chi connectivity index (χ4n) is 7.12. The number of halogens is 2. The number of fused-ring (bicyclic) bond motifs is 3. The first kappa shape index (κ1) is 32.1. The summed E-state index contributed by atoms with van der Waals surface area (Å²) < 4.78 is 44.6. The van der Waals surface area contributed by atoms with Crippen molar-refractivity contribution in [2.24, 2.45) is 0 Å². The van der Waals surface area contributed by atoms with Gasteiger partial charge in [0.1, 0.15) is 35.4 Å².